The van der Waals surface area contributed by atoms with E-state index in [-0.39, 0.29) is 6.61 Å². The molecule has 2 aromatic carbocycles. The second-order valence-electron chi connectivity index (χ2n) is 8.90. The molecule has 178 valence electrons. The fourth-order valence-electron chi connectivity index (χ4n) is 4.92. The number of rotatable bonds is 6. The lowest BCUT2D eigenvalue weighted by Crippen LogP contribution is -2.36. The molecule has 4 heterocycles. The first-order valence-corrected chi connectivity index (χ1v) is 12.0. The van der Waals surface area contributed by atoms with E-state index in [9.17, 15) is 5.11 Å². The van der Waals surface area contributed by atoms with Gasteiger partial charge in [0.25, 0.3) is 0 Å². The molecule has 2 aliphatic rings. The van der Waals surface area contributed by atoms with Crippen LogP contribution in [0, 0.1) is 6.92 Å². The minimum Gasteiger partial charge on any atom is -0.396 e. The van der Waals surface area contributed by atoms with Crippen LogP contribution in [0.5, 0.6) is 0 Å². The second-order valence-corrected chi connectivity index (χ2v) is 8.90. The number of anilines is 3. The Bertz CT molecular complexity index is 1400. The van der Waals surface area contributed by atoms with E-state index >= 15 is 0 Å². The first-order valence-electron chi connectivity index (χ1n) is 12.0. The van der Waals surface area contributed by atoms with Crippen molar-refractivity contribution < 1.29 is 9.84 Å². The van der Waals surface area contributed by atoms with Gasteiger partial charge in [-0.15, -0.1) is 0 Å². The van der Waals surface area contributed by atoms with Gasteiger partial charge >= 0.3 is 0 Å². The van der Waals surface area contributed by atoms with Crippen molar-refractivity contribution in [3.63, 3.8) is 0 Å². The Kier molecular flexibility index (Phi) is 5.67. The molecule has 2 aromatic heterocycles. The SMILES string of the molecule is Cc1c(-c2ccc3c(c2)CN=C3CCO)nc(Nc2ccc(N3CCOCC3)cc2)c2nccn12. The predicted molar refractivity (Wildman–Crippen MR) is 138 cm³/mol. The zero-order valence-electron chi connectivity index (χ0n) is 19.7. The molecule has 0 aliphatic carbocycles. The van der Waals surface area contributed by atoms with E-state index in [2.05, 4.69) is 74.0 Å². The third kappa shape index (κ3) is 4.05. The lowest BCUT2D eigenvalue weighted by Gasteiger charge is -2.28. The number of aryl methyl sites for hydroxylation is 1. The fraction of sp³-hybridized carbons (Fsp3) is 0.296. The number of nitrogens with one attached hydrogen (secondary N) is 1. The predicted octanol–water partition coefficient (Wildman–Crippen LogP) is 3.97. The van der Waals surface area contributed by atoms with Gasteiger partial charge < -0.3 is 20.1 Å². The zero-order valence-corrected chi connectivity index (χ0v) is 19.7. The summed E-state index contributed by atoms with van der Waals surface area (Å²) in [6, 6.07) is 14.8. The summed E-state index contributed by atoms with van der Waals surface area (Å²) >= 11 is 0. The summed E-state index contributed by atoms with van der Waals surface area (Å²) in [5, 5.41) is 12.8. The topological polar surface area (TPSA) is 87.3 Å². The maximum absolute atomic E-state index is 9.32. The van der Waals surface area contributed by atoms with Crippen LogP contribution in [0.2, 0.25) is 0 Å². The van der Waals surface area contributed by atoms with Crippen molar-refractivity contribution in [3.05, 3.63) is 71.7 Å². The van der Waals surface area contributed by atoms with Crippen molar-refractivity contribution >= 4 is 28.6 Å². The summed E-state index contributed by atoms with van der Waals surface area (Å²) in [5.41, 5.74) is 9.21. The number of benzene rings is 2. The summed E-state index contributed by atoms with van der Waals surface area (Å²) in [6.45, 7) is 6.19. The summed E-state index contributed by atoms with van der Waals surface area (Å²) in [5.74, 6) is 0.715. The number of aromatic nitrogens is 3. The minimum absolute atomic E-state index is 0.112. The van der Waals surface area contributed by atoms with E-state index in [1.807, 2.05) is 6.20 Å². The van der Waals surface area contributed by atoms with Crippen LogP contribution in [-0.4, -0.2) is 58.1 Å². The molecule has 0 bridgehead atoms. The maximum Gasteiger partial charge on any atom is 0.180 e. The molecule has 2 N–H and O–H groups in total. The Balaban J connectivity index is 1.33. The van der Waals surface area contributed by atoms with Gasteiger partial charge in [-0.3, -0.25) is 9.39 Å². The number of hydrogen-bond donors (Lipinski definition) is 2. The number of nitrogens with zero attached hydrogens (tertiary/aromatic N) is 5. The molecule has 8 heteroatoms. The summed E-state index contributed by atoms with van der Waals surface area (Å²) in [4.78, 5) is 16.5. The van der Waals surface area contributed by atoms with Crippen LogP contribution in [0.1, 0.15) is 23.2 Å². The van der Waals surface area contributed by atoms with Crippen LogP contribution in [0.3, 0.4) is 0 Å². The molecular formula is C27H28N6O2. The highest BCUT2D eigenvalue weighted by Gasteiger charge is 2.19. The normalized spacial score (nSPS) is 15.4. The molecule has 2 aliphatic heterocycles. The molecule has 0 unspecified atom stereocenters. The Morgan fingerprint density at radius 2 is 1.91 bits per heavy atom. The van der Waals surface area contributed by atoms with Gasteiger partial charge in [-0.2, -0.15) is 0 Å². The number of hydrogen-bond acceptors (Lipinski definition) is 7. The molecule has 1 fully saturated rings. The summed E-state index contributed by atoms with van der Waals surface area (Å²) in [6.07, 6.45) is 4.36. The van der Waals surface area contributed by atoms with Gasteiger partial charge in [0.05, 0.1) is 25.5 Å². The fourth-order valence-corrected chi connectivity index (χ4v) is 4.92. The van der Waals surface area contributed by atoms with Crippen LogP contribution in [-0.2, 0) is 11.3 Å². The van der Waals surface area contributed by atoms with E-state index in [0.717, 1.165) is 65.9 Å². The molecule has 1 saturated heterocycles. The van der Waals surface area contributed by atoms with Crippen molar-refractivity contribution in [2.45, 2.75) is 19.9 Å². The highest BCUT2D eigenvalue weighted by Crippen LogP contribution is 2.31. The molecule has 0 amide bonds. The van der Waals surface area contributed by atoms with Crippen LogP contribution >= 0.6 is 0 Å². The third-order valence-corrected chi connectivity index (χ3v) is 6.76. The van der Waals surface area contributed by atoms with Crippen molar-refractivity contribution in [2.24, 2.45) is 4.99 Å². The molecule has 0 saturated carbocycles. The Hall–Kier alpha value is -3.75. The van der Waals surface area contributed by atoms with Crippen LogP contribution < -0.4 is 10.2 Å². The molecule has 0 radical (unpaired) electrons. The molecule has 4 aromatic rings. The van der Waals surface area contributed by atoms with Crippen LogP contribution in [0.15, 0.2) is 59.9 Å². The second kappa shape index (κ2) is 9.13. The number of morpholine rings is 1. The smallest absolute Gasteiger partial charge is 0.180 e. The first-order chi connectivity index (χ1) is 17.2. The van der Waals surface area contributed by atoms with Crippen LogP contribution in [0.25, 0.3) is 16.9 Å². The van der Waals surface area contributed by atoms with Gasteiger partial charge in [-0.25, -0.2) is 9.97 Å². The standard InChI is InChI=1S/C27H28N6O2/c1-18-25(19-2-7-23-20(16-19)17-29-24(23)8-13-34)31-26(27-28-9-10-33(18)27)30-21-3-5-22(6-4-21)32-11-14-35-15-12-32/h2-7,9-10,16,34H,8,11-15,17H2,1H3,(H,30,31). The van der Waals surface area contributed by atoms with E-state index in [1.165, 1.54) is 11.3 Å². The summed E-state index contributed by atoms with van der Waals surface area (Å²) < 4.78 is 7.54. The first kappa shape index (κ1) is 21.8. The molecule has 6 rings (SSSR count). The van der Waals surface area contributed by atoms with Gasteiger partial charge in [0.2, 0.25) is 0 Å². The van der Waals surface area contributed by atoms with Crippen molar-refractivity contribution in [3.8, 4) is 11.3 Å². The molecule has 0 spiro atoms. The van der Waals surface area contributed by atoms with Crippen molar-refractivity contribution in [1.82, 2.24) is 14.4 Å². The number of ether oxygens (including phenoxy) is 1. The lowest BCUT2D eigenvalue weighted by molar-refractivity contribution is 0.122. The molecule has 8 nitrogen and oxygen atoms in total. The average Bonchev–Trinajstić information content (AvgIpc) is 3.55. The number of aliphatic hydroxyl groups is 1. The minimum atomic E-state index is 0.112. The molecule has 0 atom stereocenters. The Labute approximate surface area is 203 Å². The van der Waals surface area contributed by atoms with E-state index in [4.69, 9.17) is 9.72 Å². The lowest BCUT2D eigenvalue weighted by atomic mass is 9.99. The maximum atomic E-state index is 9.32. The summed E-state index contributed by atoms with van der Waals surface area (Å²) in [7, 11) is 0. The van der Waals surface area contributed by atoms with E-state index in [0.29, 0.717) is 18.8 Å². The number of aliphatic hydroxyl groups excluding tert-OH is 1. The van der Waals surface area contributed by atoms with E-state index < -0.39 is 0 Å². The van der Waals surface area contributed by atoms with Crippen LogP contribution in [0.4, 0.5) is 17.2 Å². The van der Waals surface area contributed by atoms with Gasteiger partial charge in [-0.1, -0.05) is 12.1 Å². The van der Waals surface area contributed by atoms with Gasteiger partial charge in [0.15, 0.2) is 11.5 Å². The Morgan fingerprint density at radius 1 is 1.09 bits per heavy atom. The number of imidazole rings is 1. The van der Waals surface area contributed by atoms with Crippen molar-refractivity contribution in [1.29, 1.82) is 0 Å². The average molecular weight is 469 g/mol. The number of fused-ring (bicyclic) bond motifs is 2. The monoisotopic (exact) mass is 468 g/mol. The highest BCUT2D eigenvalue weighted by molar-refractivity contribution is 6.04. The van der Waals surface area contributed by atoms with E-state index in [1.54, 1.807) is 6.20 Å². The van der Waals surface area contributed by atoms with Gasteiger partial charge in [0.1, 0.15) is 0 Å². The third-order valence-electron chi connectivity index (χ3n) is 6.76. The Morgan fingerprint density at radius 3 is 2.71 bits per heavy atom. The highest BCUT2D eigenvalue weighted by atomic mass is 16.5. The molecule has 35 heavy (non-hydrogen) atoms. The molecular weight excluding hydrogens is 440 g/mol. The quantitative estimate of drug-likeness (QED) is 0.445. The number of aliphatic imine (C=N–C) groups is 1. The largest absolute Gasteiger partial charge is 0.396 e. The van der Waals surface area contributed by atoms with Gasteiger partial charge in [0, 0.05) is 72.4 Å². The van der Waals surface area contributed by atoms with Gasteiger partial charge in [-0.05, 0) is 42.8 Å². The zero-order chi connectivity index (χ0) is 23.8. The van der Waals surface area contributed by atoms with Crippen molar-refractivity contribution in [2.75, 3.05) is 43.1 Å².